The van der Waals surface area contributed by atoms with Crippen molar-refractivity contribution < 1.29 is 31.1 Å². The molecule has 2 aliphatic rings. The summed E-state index contributed by atoms with van der Waals surface area (Å²) in [7, 11) is 0. The van der Waals surface area contributed by atoms with Gasteiger partial charge in [-0.25, -0.2) is 15.0 Å². The molecule has 0 N–H and O–H groups in total. The second kappa shape index (κ2) is 9.95. The Morgan fingerprint density at radius 2 is 1.74 bits per heavy atom. The van der Waals surface area contributed by atoms with Crippen molar-refractivity contribution in [2.24, 2.45) is 0 Å². The lowest BCUT2D eigenvalue weighted by Gasteiger charge is -2.24. The number of hydrogen-bond donors (Lipinski definition) is 0. The van der Waals surface area contributed by atoms with Crippen LogP contribution in [0.15, 0.2) is 42.6 Å². The average Bonchev–Trinajstić information content (AvgIpc) is 3.16. The summed E-state index contributed by atoms with van der Waals surface area (Å²) in [6, 6.07) is 8.03. The highest BCUT2D eigenvalue weighted by molar-refractivity contribution is 5.68. The smallest absolute Gasteiger partial charge is 0.406 e. The van der Waals surface area contributed by atoms with Crippen LogP contribution in [0.1, 0.15) is 36.6 Å². The first-order valence-corrected chi connectivity index (χ1v) is 12.3. The summed E-state index contributed by atoms with van der Waals surface area (Å²) in [5, 5.41) is 0. The number of fused-ring (bicyclic) bond motifs is 1. The first-order chi connectivity index (χ1) is 18.0. The average molecular weight is 538 g/mol. The summed E-state index contributed by atoms with van der Waals surface area (Å²) >= 11 is 0. The molecule has 4 heterocycles. The molecule has 0 radical (unpaired) electrons. The standard InChI is InChI=1S/C26H25F6N5O/c1-16-5-4-12-37(16)24-34-21-10-14-36(23-20(25(27,28)29)8-3-11-33-23)13-9-19(21)22(35-24)17-6-2-7-18(15-17)38-26(30,31)32/h2-3,6-8,11,15-16H,4-5,9-10,12-14H2,1H3. The van der Waals surface area contributed by atoms with Gasteiger partial charge in [-0.15, -0.1) is 13.2 Å². The van der Waals surface area contributed by atoms with Crippen molar-refractivity contribution in [1.29, 1.82) is 0 Å². The minimum Gasteiger partial charge on any atom is -0.406 e. The van der Waals surface area contributed by atoms with Gasteiger partial charge in [0, 0.05) is 49.4 Å². The van der Waals surface area contributed by atoms with Crippen molar-refractivity contribution >= 4 is 11.8 Å². The monoisotopic (exact) mass is 537 g/mol. The van der Waals surface area contributed by atoms with E-state index in [1.54, 1.807) is 11.0 Å². The maximum absolute atomic E-state index is 13.7. The second-order valence-corrected chi connectivity index (χ2v) is 9.42. The van der Waals surface area contributed by atoms with Gasteiger partial charge in [0.05, 0.1) is 17.0 Å². The zero-order valence-electron chi connectivity index (χ0n) is 20.5. The number of nitrogens with zero attached hydrogens (tertiary/aromatic N) is 5. The SMILES string of the molecule is CC1CCCN1c1nc2c(c(-c3cccc(OC(F)(F)F)c3)n1)CCN(c1ncccc1C(F)(F)F)CC2. The van der Waals surface area contributed by atoms with E-state index in [1.807, 2.05) is 0 Å². The Morgan fingerprint density at radius 3 is 2.45 bits per heavy atom. The molecule has 38 heavy (non-hydrogen) atoms. The number of ether oxygens (including phenoxy) is 1. The van der Waals surface area contributed by atoms with Crippen LogP contribution in [0, 0.1) is 0 Å². The highest BCUT2D eigenvalue weighted by Crippen LogP contribution is 2.37. The van der Waals surface area contributed by atoms with E-state index in [9.17, 15) is 26.3 Å². The van der Waals surface area contributed by atoms with E-state index >= 15 is 0 Å². The maximum Gasteiger partial charge on any atom is 0.573 e. The van der Waals surface area contributed by atoms with E-state index < -0.39 is 18.1 Å². The lowest BCUT2D eigenvalue weighted by molar-refractivity contribution is -0.274. The molecule has 1 saturated heterocycles. The van der Waals surface area contributed by atoms with Crippen LogP contribution in [0.4, 0.5) is 38.1 Å². The van der Waals surface area contributed by atoms with Crippen molar-refractivity contribution in [2.75, 3.05) is 29.4 Å². The fourth-order valence-electron chi connectivity index (χ4n) is 5.11. The first kappa shape index (κ1) is 26.1. The molecule has 0 spiro atoms. The predicted molar refractivity (Wildman–Crippen MR) is 129 cm³/mol. The van der Waals surface area contributed by atoms with Crippen LogP contribution in [-0.2, 0) is 19.0 Å². The third-order valence-corrected chi connectivity index (χ3v) is 6.87. The van der Waals surface area contributed by atoms with Crippen LogP contribution in [0.25, 0.3) is 11.3 Å². The zero-order chi connectivity index (χ0) is 27.1. The summed E-state index contributed by atoms with van der Waals surface area (Å²) in [5.74, 6) is -0.0681. The Morgan fingerprint density at radius 1 is 0.947 bits per heavy atom. The van der Waals surface area contributed by atoms with Crippen LogP contribution in [0.2, 0.25) is 0 Å². The third kappa shape index (κ3) is 5.48. The summed E-state index contributed by atoms with van der Waals surface area (Å²) in [6.07, 6.45) is -5.56. The Balaban J connectivity index is 1.56. The van der Waals surface area contributed by atoms with Gasteiger partial charge in [0.25, 0.3) is 0 Å². The number of halogens is 6. The highest BCUT2D eigenvalue weighted by atomic mass is 19.4. The molecule has 1 aromatic carbocycles. The van der Waals surface area contributed by atoms with Crippen LogP contribution in [-0.4, -0.2) is 47.0 Å². The molecule has 2 aromatic heterocycles. The summed E-state index contributed by atoms with van der Waals surface area (Å²) in [5.41, 5.74) is 1.41. The lowest BCUT2D eigenvalue weighted by Crippen LogP contribution is -2.29. The fourth-order valence-corrected chi connectivity index (χ4v) is 5.11. The Hall–Kier alpha value is -3.57. The van der Waals surface area contributed by atoms with Gasteiger partial charge in [-0.3, -0.25) is 0 Å². The Labute approximate surface area is 215 Å². The molecule has 0 amide bonds. The number of alkyl halides is 6. The third-order valence-electron chi connectivity index (χ3n) is 6.87. The van der Waals surface area contributed by atoms with E-state index in [0.717, 1.165) is 25.5 Å². The number of aromatic nitrogens is 3. The molecule has 1 unspecified atom stereocenters. The summed E-state index contributed by atoms with van der Waals surface area (Å²) in [6.45, 7) is 3.25. The van der Waals surface area contributed by atoms with Gasteiger partial charge in [0.15, 0.2) is 0 Å². The molecular weight excluding hydrogens is 512 g/mol. The number of anilines is 2. The van der Waals surface area contributed by atoms with Crippen molar-refractivity contribution in [1.82, 2.24) is 15.0 Å². The molecule has 1 atom stereocenters. The number of benzene rings is 1. The van der Waals surface area contributed by atoms with Gasteiger partial charge in [-0.2, -0.15) is 13.2 Å². The normalized spacial score (nSPS) is 18.3. The molecule has 6 nitrogen and oxygen atoms in total. The molecule has 1 fully saturated rings. The van der Waals surface area contributed by atoms with E-state index in [4.69, 9.17) is 9.97 Å². The van der Waals surface area contributed by atoms with Gasteiger partial charge in [-0.05, 0) is 50.5 Å². The predicted octanol–water partition coefficient (Wildman–Crippen LogP) is 6.05. The molecule has 2 aliphatic heterocycles. The van der Waals surface area contributed by atoms with Crippen LogP contribution in [0.3, 0.4) is 0 Å². The van der Waals surface area contributed by atoms with Gasteiger partial charge in [0.1, 0.15) is 11.6 Å². The Kier molecular flexibility index (Phi) is 6.83. The van der Waals surface area contributed by atoms with Crippen LogP contribution in [0.5, 0.6) is 5.75 Å². The van der Waals surface area contributed by atoms with E-state index in [1.165, 1.54) is 30.5 Å². The van der Waals surface area contributed by atoms with Crippen molar-refractivity contribution in [2.45, 2.75) is 51.2 Å². The van der Waals surface area contributed by atoms with Gasteiger partial charge >= 0.3 is 12.5 Å². The molecule has 202 valence electrons. The van der Waals surface area contributed by atoms with Gasteiger partial charge in [-0.1, -0.05) is 12.1 Å². The number of pyridine rings is 1. The molecular formula is C26H25F6N5O. The molecule has 0 bridgehead atoms. The highest BCUT2D eigenvalue weighted by Gasteiger charge is 2.36. The fraction of sp³-hybridized carbons (Fsp3) is 0.423. The molecule has 0 aliphatic carbocycles. The first-order valence-electron chi connectivity index (χ1n) is 12.3. The Bertz CT molecular complexity index is 1310. The van der Waals surface area contributed by atoms with Crippen molar-refractivity contribution in [3.8, 4) is 17.0 Å². The van der Waals surface area contributed by atoms with Crippen molar-refractivity contribution in [3.05, 3.63) is 59.4 Å². The molecule has 12 heteroatoms. The molecule has 5 rings (SSSR count). The van der Waals surface area contributed by atoms with E-state index in [-0.39, 0.29) is 30.7 Å². The summed E-state index contributed by atoms with van der Waals surface area (Å²) < 4.78 is 83.8. The minimum absolute atomic E-state index is 0.156. The number of rotatable bonds is 4. The van der Waals surface area contributed by atoms with Gasteiger partial charge in [0.2, 0.25) is 5.95 Å². The zero-order valence-corrected chi connectivity index (χ0v) is 20.5. The minimum atomic E-state index is -4.85. The molecule has 3 aromatic rings. The second-order valence-electron chi connectivity index (χ2n) is 9.42. The largest absolute Gasteiger partial charge is 0.573 e. The lowest BCUT2D eigenvalue weighted by atomic mass is 10.0. The van der Waals surface area contributed by atoms with Crippen LogP contribution < -0.4 is 14.5 Å². The van der Waals surface area contributed by atoms with Crippen molar-refractivity contribution in [3.63, 3.8) is 0 Å². The quantitative estimate of drug-likeness (QED) is 0.378. The van der Waals surface area contributed by atoms with E-state index in [2.05, 4.69) is 21.5 Å². The summed E-state index contributed by atoms with van der Waals surface area (Å²) in [4.78, 5) is 17.3. The topological polar surface area (TPSA) is 54.4 Å². The number of hydrogen-bond acceptors (Lipinski definition) is 6. The maximum atomic E-state index is 13.7. The van der Waals surface area contributed by atoms with Crippen LogP contribution >= 0.6 is 0 Å². The van der Waals surface area contributed by atoms with E-state index in [0.29, 0.717) is 41.3 Å². The molecule has 0 saturated carbocycles. The van der Waals surface area contributed by atoms with Gasteiger partial charge < -0.3 is 14.5 Å².